The number of allylic oxidation sites excluding steroid dienone is 2. The van der Waals surface area contributed by atoms with E-state index in [9.17, 15) is 0 Å². The first kappa shape index (κ1) is 15.1. The third-order valence-corrected chi connectivity index (χ3v) is 3.92. The van der Waals surface area contributed by atoms with Crippen LogP contribution in [-0.2, 0) is 5.41 Å². The van der Waals surface area contributed by atoms with Gasteiger partial charge in [-0.1, -0.05) is 24.3 Å². The Hall–Kier alpha value is -1.28. The van der Waals surface area contributed by atoms with Crippen molar-refractivity contribution in [2.24, 2.45) is 0 Å². The summed E-state index contributed by atoms with van der Waals surface area (Å²) in [5, 5.41) is 3.67. The molecule has 2 heteroatoms. The first-order valence-corrected chi connectivity index (χ1v) is 7.59. The molecule has 1 aromatic rings. The first-order chi connectivity index (χ1) is 9.45. The van der Waals surface area contributed by atoms with Crippen LogP contribution in [0.3, 0.4) is 0 Å². The maximum atomic E-state index is 5.54. The molecule has 1 aliphatic carbocycles. The van der Waals surface area contributed by atoms with E-state index in [4.69, 9.17) is 4.74 Å². The van der Waals surface area contributed by atoms with E-state index in [0.29, 0.717) is 0 Å². The van der Waals surface area contributed by atoms with Crippen molar-refractivity contribution < 1.29 is 4.74 Å². The van der Waals surface area contributed by atoms with Gasteiger partial charge in [-0.2, -0.15) is 0 Å². The third kappa shape index (κ3) is 3.63. The van der Waals surface area contributed by atoms with Crippen LogP contribution in [-0.4, -0.2) is 18.7 Å². The van der Waals surface area contributed by atoms with Crippen LogP contribution in [0.2, 0.25) is 0 Å². The molecule has 0 aromatic heterocycles. The van der Waals surface area contributed by atoms with Gasteiger partial charge in [-0.15, -0.1) is 0 Å². The van der Waals surface area contributed by atoms with Crippen molar-refractivity contribution in [3.05, 3.63) is 42.0 Å². The Morgan fingerprint density at radius 3 is 2.20 bits per heavy atom. The minimum atomic E-state index is 0.154. The SMILES string of the molecule is CCOc1ccc(C2(CNC(C)(C)C)CC=CC2)cc1. The quantitative estimate of drug-likeness (QED) is 0.817. The van der Waals surface area contributed by atoms with Gasteiger partial charge < -0.3 is 10.1 Å². The Morgan fingerprint density at radius 1 is 1.10 bits per heavy atom. The number of hydrogen-bond acceptors (Lipinski definition) is 2. The van der Waals surface area contributed by atoms with Gasteiger partial charge in [0.1, 0.15) is 5.75 Å². The molecule has 20 heavy (non-hydrogen) atoms. The van der Waals surface area contributed by atoms with Crippen LogP contribution in [0.15, 0.2) is 36.4 Å². The lowest BCUT2D eigenvalue weighted by atomic mass is 9.77. The fourth-order valence-corrected chi connectivity index (χ4v) is 2.69. The van der Waals surface area contributed by atoms with Gasteiger partial charge in [-0.05, 0) is 58.2 Å². The molecule has 0 heterocycles. The van der Waals surface area contributed by atoms with Gasteiger partial charge in [0.15, 0.2) is 0 Å². The summed E-state index contributed by atoms with van der Waals surface area (Å²) in [4.78, 5) is 0. The molecule has 0 saturated carbocycles. The van der Waals surface area contributed by atoms with Crippen molar-refractivity contribution in [3.63, 3.8) is 0 Å². The van der Waals surface area contributed by atoms with Crippen LogP contribution in [0.5, 0.6) is 5.75 Å². The molecule has 0 atom stereocenters. The summed E-state index contributed by atoms with van der Waals surface area (Å²) in [7, 11) is 0. The Morgan fingerprint density at radius 2 is 1.70 bits per heavy atom. The van der Waals surface area contributed by atoms with E-state index in [1.807, 2.05) is 6.92 Å². The summed E-state index contributed by atoms with van der Waals surface area (Å²) >= 11 is 0. The van der Waals surface area contributed by atoms with Crippen molar-refractivity contribution in [1.82, 2.24) is 5.32 Å². The molecular weight excluding hydrogens is 246 g/mol. The number of nitrogens with one attached hydrogen (secondary N) is 1. The molecule has 0 fully saturated rings. The monoisotopic (exact) mass is 273 g/mol. The van der Waals surface area contributed by atoms with Gasteiger partial charge in [0.25, 0.3) is 0 Å². The minimum absolute atomic E-state index is 0.154. The number of benzene rings is 1. The van der Waals surface area contributed by atoms with E-state index in [1.54, 1.807) is 0 Å². The predicted molar refractivity (Wildman–Crippen MR) is 85.4 cm³/mol. The zero-order valence-corrected chi connectivity index (χ0v) is 13.2. The van der Waals surface area contributed by atoms with Crippen molar-refractivity contribution >= 4 is 0 Å². The van der Waals surface area contributed by atoms with Crippen LogP contribution >= 0.6 is 0 Å². The molecule has 1 aliphatic rings. The van der Waals surface area contributed by atoms with Crippen LogP contribution in [0.4, 0.5) is 0 Å². The minimum Gasteiger partial charge on any atom is -0.494 e. The van der Waals surface area contributed by atoms with Gasteiger partial charge in [0.2, 0.25) is 0 Å². The summed E-state index contributed by atoms with van der Waals surface area (Å²) in [6, 6.07) is 8.64. The van der Waals surface area contributed by atoms with Crippen LogP contribution < -0.4 is 10.1 Å². The van der Waals surface area contributed by atoms with Crippen molar-refractivity contribution in [3.8, 4) is 5.75 Å². The average Bonchev–Trinajstić information content (AvgIpc) is 2.87. The Balaban J connectivity index is 2.15. The maximum absolute atomic E-state index is 5.54. The number of ether oxygens (including phenoxy) is 1. The van der Waals surface area contributed by atoms with Gasteiger partial charge in [0.05, 0.1) is 6.61 Å². The highest BCUT2D eigenvalue weighted by atomic mass is 16.5. The highest BCUT2D eigenvalue weighted by Gasteiger charge is 2.33. The topological polar surface area (TPSA) is 21.3 Å². The Labute approximate surface area is 123 Å². The van der Waals surface area contributed by atoms with Gasteiger partial charge >= 0.3 is 0 Å². The smallest absolute Gasteiger partial charge is 0.119 e. The lowest BCUT2D eigenvalue weighted by Crippen LogP contribution is -2.45. The van der Waals surface area contributed by atoms with E-state index in [0.717, 1.165) is 31.7 Å². The molecule has 2 nitrogen and oxygen atoms in total. The van der Waals surface area contributed by atoms with E-state index < -0.39 is 0 Å². The van der Waals surface area contributed by atoms with Crippen molar-refractivity contribution in [2.75, 3.05) is 13.2 Å². The summed E-state index contributed by atoms with van der Waals surface area (Å²) in [5.41, 5.74) is 1.77. The molecule has 1 aromatic carbocycles. The van der Waals surface area contributed by atoms with Crippen molar-refractivity contribution in [2.45, 2.75) is 51.5 Å². The Kier molecular flexibility index (Phi) is 4.54. The zero-order valence-electron chi connectivity index (χ0n) is 13.2. The number of hydrogen-bond donors (Lipinski definition) is 1. The normalized spacial score (nSPS) is 17.4. The standard InChI is InChI=1S/C18H27NO/c1-5-20-16-10-8-15(9-11-16)18(12-6-7-13-18)14-19-17(2,3)4/h6-11,19H,5,12-14H2,1-4H3. The number of rotatable bonds is 5. The highest BCUT2D eigenvalue weighted by molar-refractivity contribution is 5.35. The molecule has 0 spiro atoms. The lowest BCUT2D eigenvalue weighted by Gasteiger charge is -2.34. The fraction of sp³-hybridized carbons (Fsp3) is 0.556. The van der Waals surface area contributed by atoms with Gasteiger partial charge in [0, 0.05) is 17.5 Å². The lowest BCUT2D eigenvalue weighted by molar-refractivity contribution is 0.334. The molecule has 2 rings (SSSR count). The largest absolute Gasteiger partial charge is 0.494 e. The second kappa shape index (κ2) is 6.01. The second-order valence-corrected chi connectivity index (χ2v) is 6.72. The third-order valence-electron chi connectivity index (χ3n) is 3.92. The average molecular weight is 273 g/mol. The molecule has 0 amide bonds. The highest BCUT2D eigenvalue weighted by Crippen LogP contribution is 2.37. The van der Waals surface area contributed by atoms with Gasteiger partial charge in [-0.25, -0.2) is 0 Å². The molecule has 0 saturated heterocycles. The van der Waals surface area contributed by atoms with Gasteiger partial charge in [-0.3, -0.25) is 0 Å². The molecule has 0 unspecified atom stereocenters. The Bertz CT molecular complexity index is 445. The van der Waals surface area contributed by atoms with Crippen LogP contribution in [0, 0.1) is 0 Å². The van der Waals surface area contributed by atoms with E-state index in [1.165, 1.54) is 5.56 Å². The molecule has 1 N–H and O–H groups in total. The van der Waals surface area contributed by atoms with E-state index in [-0.39, 0.29) is 11.0 Å². The molecular formula is C18H27NO. The summed E-state index contributed by atoms with van der Waals surface area (Å²) < 4.78 is 5.54. The molecule has 0 radical (unpaired) electrons. The van der Waals surface area contributed by atoms with Crippen LogP contribution in [0.1, 0.15) is 46.1 Å². The molecule has 110 valence electrons. The van der Waals surface area contributed by atoms with E-state index in [2.05, 4.69) is 62.5 Å². The summed E-state index contributed by atoms with van der Waals surface area (Å²) in [5.74, 6) is 0.959. The first-order valence-electron chi connectivity index (χ1n) is 7.59. The molecule has 0 bridgehead atoms. The molecule has 0 aliphatic heterocycles. The second-order valence-electron chi connectivity index (χ2n) is 6.72. The summed E-state index contributed by atoms with van der Waals surface area (Å²) in [6.45, 7) is 10.4. The van der Waals surface area contributed by atoms with Crippen molar-refractivity contribution in [1.29, 1.82) is 0 Å². The van der Waals surface area contributed by atoms with Crippen LogP contribution in [0.25, 0.3) is 0 Å². The maximum Gasteiger partial charge on any atom is 0.119 e. The fourth-order valence-electron chi connectivity index (χ4n) is 2.69. The van der Waals surface area contributed by atoms with E-state index >= 15 is 0 Å². The summed E-state index contributed by atoms with van der Waals surface area (Å²) in [6.07, 6.45) is 6.84. The predicted octanol–water partition coefficient (Wildman–Crippen LogP) is 4.06. The zero-order chi connectivity index (χ0) is 14.6.